The van der Waals surface area contributed by atoms with Crippen molar-refractivity contribution in [1.82, 2.24) is 14.8 Å². The molecule has 3 rings (SSSR count). The number of benzene rings is 1. The average Bonchev–Trinajstić information content (AvgIpc) is 2.98. The van der Waals surface area contributed by atoms with Gasteiger partial charge in [0.05, 0.1) is 10.4 Å². The first-order valence-electron chi connectivity index (χ1n) is 9.65. The van der Waals surface area contributed by atoms with E-state index in [0.29, 0.717) is 22.0 Å². The molecule has 3 aromatic rings. The normalized spacial score (nSPS) is 12.2. The minimum absolute atomic E-state index is 0.107. The molecule has 0 amide bonds. The van der Waals surface area contributed by atoms with Crippen molar-refractivity contribution in [3.8, 4) is 11.1 Å². The van der Waals surface area contributed by atoms with Crippen molar-refractivity contribution in [3.05, 3.63) is 41.9 Å². The van der Waals surface area contributed by atoms with Crippen LogP contribution in [-0.2, 0) is 25.9 Å². The van der Waals surface area contributed by atoms with Gasteiger partial charge in [-0.3, -0.25) is 19.3 Å². The van der Waals surface area contributed by atoms with E-state index in [2.05, 4.69) is 10.1 Å². The number of Topliss-reactive ketones (excluding diaryl/α,β-unsaturated/α-hetero) is 1. The second kappa shape index (κ2) is 7.88. The van der Waals surface area contributed by atoms with Gasteiger partial charge >= 0.3 is 5.97 Å². The molecule has 0 N–H and O–H groups in total. The first-order valence-corrected chi connectivity index (χ1v) is 11.5. The monoisotopic (exact) mass is 443 g/mol. The van der Waals surface area contributed by atoms with Gasteiger partial charge in [-0.15, -0.1) is 0 Å². The number of aryl methyl sites for hydroxylation is 1. The Balaban J connectivity index is 2.15. The first kappa shape index (κ1) is 22.6. The molecule has 0 saturated carbocycles. The summed E-state index contributed by atoms with van der Waals surface area (Å²) in [4.78, 5) is 28.7. The topological polar surface area (TPSA) is 108 Å². The van der Waals surface area contributed by atoms with Gasteiger partial charge in [0.2, 0.25) is 0 Å². The molecule has 8 nitrogen and oxygen atoms in total. The van der Waals surface area contributed by atoms with Crippen LogP contribution < -0.4 is 0 Å². The Kier molecular flexibility index (Phi) is 5.75. The van der Waals surface area contributed by atoms with Crippen molar-refractivity contribution in [1.29, 1.82) is 0 Å². The Morgan fingerprint density at radius 2 is 1.77 bits per heavy atom. The lowest BCUT2D eigenvalue weighted by Crippen LogP contribution is -2.27. The maximum absolute atomic E-state index is 12.3. The number of ether oxygens (including phenoxy) is 1. The molecule has 31 heavy (non-hydrogen) atoms. The summed E-state index contributed by atoms with van der Waals surface area (Å²) in [7, 11) is -3.42. The highest BCUT2D eigenvalue weighted by Crippen LogP contribution is 2.31. The van der Waals surface area contributed by atoms with Crippen LogP contribution in [0.2, 0.25) is 0 Å². The van der Waals surface area contributed by atoms with Crippen LogP contribution in [0, 0.1) is 6.92 Å². The molecule has 2 aromatic heterocycles. The third-order valence-electron chi connectivity index (χ3n) is 4.54. The van der Waals surface area contributed by atoms with E-state index in [1.54, 1.807) is 39.1 Å². The fourth-order valence-electron chi connectivity index (χ4n) is 3.34. The molecule has 0 aliphatic heterocycles. The van der Waals surface area contributed by atoms with E-state index in [1.807, 2.05) is 13.0 Å². The van der Waals surface area contributed by atoms with E-state index in [0.717, 1.165) is 11.8 Å². The number of rotatable bonds is 5. The summed E-state index contributed by atoms with van der Waals surface area (Å²) in [6.07, 6.45) is 3.98. The Morgan fingerprint density at radius 3 is 2.35 bits per heavy atom. The van der Waals surface area contributed by atoms with Crippen molar-refractivity contribution < 1.29 is 22.7 Å². The van der Waals surface area contributed by atoms with Crippen molar-refractivity contribution in [2.45, 2.75) is 51.7 Å². The van der Waals surface area contributed by atoms with Gasteiger partial charge in [-0.1, -0.05) is 0 Å². The standard InChI is InChI=1S/C22H25N3O5S/c1-13-7-15(16-8-17(11-23-10-16)31(6,28)29)9-18-20(14(2)26)24-25(21(13)18)12-19(27)30-22(3,4)5/h7-11H,12H2,1-6H3. The van der Waals surface area contributed by atoms with Gasteiger partial charge in [0, 0.05) is 36.5 Å². The smallest absolute Gasteiger partial charge is 0.328 e. The zero-order valence-corrected chi connectivity index (χ0v) is 19.2. The number of carbonyl (C=O) groups is 2. The summed E-state index contributed by atoms with van der Waals surface area (Å²) >= 11 is 0. The second-order valence-corrected chi connectivity index (χ2v) is 10.5. The number of sulfone groups is 1. The van der Waals surface area contributed by atoms with Crippen LogP contribution in [0.3, 0.4) is 0 Å². The van der Waals surface area contributed by atoms with Crippen molar-refractivity contribution >= 4 is 32.5 Å². The highest BCUT2D eigenvalue weighted by Gasteiger charge is 2.22. The molecule has 0 unspecified atom stereocenters. The predicted octanol–water partition coefficient (Wildman–Crippen LogP) is 3.35. The fraction of sp³-hybridized carbons (Fsp3) is 0.364. The molecule has 0 aliphatic carbocycles. The molecule has 0 atom stereocenters. The summed E-state index contributed by atoms with van der Waals surface area (Å²) in [5.74, 6) is -0.701. The molecule has 0 saturated heterocycles. The second-order valence-electron chi connectivity index (χ2n) is 8.52. The maximum atomic E-state index is 12.3. The fourth-order valence-corrected chi connectivity index (χ4v) is 3.94. The summed E-state index contributed by atoms with van der Waals surface area (Å²) in [5, 5.41) is 4.95. The van der Waals surface area contributed by atoms with Crippen LogP contribution in [0.15, 0.2) is 35.5 Å². The minimum atomic E-state index is -3.42. The van der Waals surface area contributed by atoms with E-state index in [9.17, 15) is 18.0 Å². The van der Waals surface area contributed by atoms with Crippen molar-refractivity contribution in [2.24, 2.45) is 0 Å². The number of fused-ring (bicyclic) bond motifs is 1. The van der Waals surface area contributed by atoms with Crippen LogP contribution in [0.25, 0.3) is 22.0 Å². The van der Waals surface area contributed by atoms with Crippen LogP contribution in [0.1, 0.15) is 43.7 Å². The number of carbonyl (C=O) groups excluding carboxylic acids is 2. The molecule has 0 fully saturated rings. The molecule has 0 radical (unpaired) electrons. The summed E-state index contributed by atoms with van der Waals surface area (Å²) < 4.78 is 30.7. The Hall–Kier alpha value is -3.07. The van der Waals surface area contributed by atoms with Gasteiger partial charge in [0.25, 0.3) is 0 Å². The average molecular weight is 444 g/mol. The molecule has 0 aliphatic rings. The SMILES string of the molecule is CC(=O)c1nn(CC(=O)OC(C)(C)C)c2c(C)cc(-c3cncc(S(C)(=O)=O)c3)cc12. The third-order valence-corrected chi connectivity index (χ3v) is 5.62. The zero-order chi connectivity index (χ0) is 23.1. The van der Waals surface area contributed by atoms with E-state index in [1.165, 1.54) is 17.8 Å². The Labute approximate surface area is 181 Å². The molecule has 1 aromatic carbocycles. The molecular formula is C22H25N3O5S. The highest BCUT2D eigenvalue weighted by molar-refractivity contribution is 7.90. The lowest BCUT2D eigenvalue weighted by molar-refractivity contribution is -0.155. The summed E-state index contributed by atoms with van der Waals surface area (Å²) in [6, 6.07) is 5.16. The van der Waals surface area contributed by atoms with Crippen LogP contribution >= 0.6 is 0 Å². The van der Waals surface area contributed by atoms with E-state index < -0.39 is 21.4 Å². The lowest BCUT2D eigenvalue weighted by atomic mass is 10.0. The van der Waals surface area contributed by atoms with Crippen LogP contribution in [-0.4, -0.2) is 46.8 Å². The van der Waals surface area contributed by atoms with E-state index in [-0.39, 0.29) is 22.9 Å². The highest BCUT2D eigenvalue weighted by atomic mass is 32.2. The largest absolute Gasteiger partial charge is 0.459 e. The number of aromatic nitrogens is 3. The molecule has 164 valence electrons. The van der Waals surface area contributed by atoms with Crippen molar-refractivity contribution in [2.75, 3.05) is 6.26 Å². The predicted molar refractivity (Wildman–Crippen MR) is 117 cm³/mol. The van der Waals surface area contributed by atoms with E-state index in [4.69, 9.17) is 4.74 Å². The molecule has 9 heteroatoms. The summed E-state index contributed by atoms with van der Waals surface area (Å²) in [6.45, 7) is 8.46. The quantitative estimate of drug-likeness (QED) is 0.439. The summed E-state index contributed by atoms with van der Waals surface area (Å²) in [5.41, 5.74) is 2.32. The zero-order valence-electron chi connectivity index (χ0n) is 18.4. The molecule has 0 bridgehead atoms. The number of nitrogens with zero attached hydrogens (tertiary/aromatic N) is 3. The van der Waals surface area contributed by atoms with Gasteiger partial charge in [-0.05, 0) is 57.0 Å². The van der Waals surface area contributed by atoms with Crippen LogP contribution in [0.4, 0.5) is 0 Å². The molecule has 0 spiro atoms. The van der Waals surface area contributed by atoms with Crippen LogP contribution in [0.5, 0.6) is 0 Å². The maximum Gasteiger partial charge on any atom is 0.328 e. The number of esters is 1. The third kappa shape index (κ3) is 4.99. The first-order chi connectivity index (χ1) is 14.3. The number of ketones is 1. The van der Waals surface area contributed by atoms with Gasteiger partial charge in [0.1, 0.15) is 17.8 Å². The Morgan fingerprint density at radius 1 is 1.10 bits per heavy atom. The van der Waals surface area contributed by atoms with Gasteiger partial charge in [-0.25, -0.2) is 8.42 Å². The van der Waals surface area contributed by atoms with Crippen molar-refractivity contribution in [3.63, 3.8) is 0 Å². The lowest BCUT2D eigenvalue weighted by Gasteiger charge is -2.19. The molecular weight excluding hydrogens is 418 g/mol. The number of hydrogen-bond donors (Lipinski definition) is 0. The number of hydrogen-bond acceptors (Lipinski definition) is 7. The van der Waals surface area contributed by atoms with Gasteiger partial charge < -0.3 is 4.74 Å². The van der Waals surface area contributed by atoms with E-state index >= 15 is 0 Å². The Bertz CT molecular complexity index is 1300. The van der Waals surface area contributed by atoms with Gasteiger partial charge in [0.15, 0.2) is 15.6 Å². The minimum Gasteiger partial charge on any atom is -0.459 e. The number of pyridine rings is 1. The molecule has 2 heterocycles. The van der Waals surface area contributed by atoms with Gasteiger partial charge in [-0.2, -0.15) is 5.10 Å².